The minimum Gasteiger partial charge on any atom is -0.443 e. The summed E-state index contributed by atoms with van der Waals surface area (Å²) < 4.78 is 7.52. The van der Waals surface area contributed by atoms with Gasteiger partial charge in [0.25, 0.3) is 0 Å². The van der Waals surface area contributed by atoms with E-state index in [9.17, 15) is 9.59 Å². The van der Waals surface area contributed by atoms with Gasteiger partial charge in [0.05, 0.1) is 11.7 Å². The van der Waals surface area contributed by atoms with Gasteiger partial charge in [0, 0.05) is 21.6 Å². The SMILES string of the molecule is CC(C)(C)OC(=O)n1cc(Br)c2c(C=NNC(N)=O)cccc21. The van der Waals surface area contributed by atoms with E-state index in [2.05, 4.69) is 26.5 Å². The van der Waals surface area contributed by atoms with Gasteiger partial charge in [-0.2, -0.15) is 5.10 Å². The Bertz CT molecular complexity index is 790. The molecular weight excluding hydrogens is 364 g/mol. The van der Waals surface area contributed by atoms with Crippen molar-refractivity contribution in [1.82, 2.24) is 9.99 Å². The molecule has 0 bridgehead atoms. The standard InChI is InChI=1S/C15H17BrN4O3/c1-15(2,3)23-14(22)20-8-10(16)12-9(5-4-6-11(12)20)7-18-19-13(17)21/h4-8H,1-3H3,(H3,17,19,21). The molecule has 0 fully saturated rings. The second kappa shape index (κ2) is 6.41. The zero-order valence-corrected chi connectivity index (χ0v) is 14.5. The molecule has 1 aromatic carbocycles. The molecule has 1 heterocycles. The van der Waals surface area contributed by atoms with Crippen LogP contribution < -0.4 is 11.2 Å². The van der Waals surface area contributed by atoms with Crippen LogP contribution in [0.3, 0.4) is 0 Å². The Morgan fingerprint density at radius 2 is 2.09 bits per heavy atom. The first-order valence-corrected chi connectivity index (χ1v) is 7.60. The van der Waals surface area contributed by atoms with Crippen LogP contribution in [0.4, 0.5) is 9.59 Å². The van der Waals surface area contributed by atoms with E-state index in [0.29, 0.717) is 15.6 Å². The molecule has 0 aliphatic heterocycles. The molecule has 7 nitrogen and oxygen atoms in total. The van der Waals surface area contributed by atoms with Crippen LogP contribution in [-0.2, 0) is 4.74 Å². The van der Waals surface area contributed by atoms with E-state index in [0.717, 1.165) is 5.39 Å². The van der Waals surface area contributed by atoms with E-state index in [1.54, 1.807) is 45.2 Å². The monoisotopic (exact) mass is 380 g/mol. The smallest absolute Gasteiger partial charge is 0.419 e. The van der Waals surface area contributed by atoms with Gasteiger partial charge in [-0.1, -0.05) is 12.1 Å². The highest BCUT2D eigenvalue weighted by atomic mass is 79.9. The van der Waals surface area contributed by atoms with Crippen molar-refractivity contribution in [3.8, 4) is 0 Å². The number of carbonyl (C=O) groups excluding carboxylic acids is 2. The summed E-state index contributed by atoms with van der Waals surface area (Å²) in [6.07, 6.45) is 2.62. The lowest BCUT2D eigenvalue weighted by molar-refractivity contribution is 0.0544. The molecule has 0 aliphatic rings. The van der Waals surface area contributed by atoms with Crippen LogP contribution in [0.5, 0.6) is 0 Å². The van der Waals surface area contributed by atoms with Crippen molar-refractivity contribution in [3.05, 3.63) is 34.4 Å². The van der Waals surface area contributed by atoms with Gasteiger partial charge in [-0.25, -0.2) is 15.0 Å². The maximum Gasteiger partial charge on any atom is 0.419 e. The Hall–Kier alpha value is -2.35. The number of hydrogen-bond donors (Lipinski definition) is 2. The Morgan fingerprint density at radius 3 is 2.70 bits per heavy atom. The Kier molecular flexibility index (Phi) is 4.74. The van der Waals surface area contributed by atoms with Crippen LogP contribution >= 0.6 is 15.9 Å². The highest BCUT2D eigenvalue weighted by Crippen LogP contribution is 2.29. The predicted octanol–water partition coefficient (Wildman–Crippen LogP) is 3.19. The first kappa shape index (κ1) is 17.0. The number of aromatic nitrogens is 1. The van der Waals surface area contributed by atoms with Crippen LogP contribution in [0.1, 0.15) is 26.3 Å². The van der Waals surface area contributed by atoms with Gasteiger partial charge >= 0.3 is 12.1 Å². The highest BCUT2D eigenvalue weighted by Gasteiger charge is 2.21. The molecule has 0 radical (unpaired) electrons. The summed E-state index contributed by atoms with van der Waals surface area (Å²) >= 11 is 3.44. The minimum absolute atomic E-state index is 0.474. The number of halogens is 1. The van der Waals surface area contributed by atoms with Crippen molar-refractivity contribution in [2.75, 3.05) is 0 Å². The maximum atomic E-state index is 12.3. The molecule has 0 atom stereocenters. The zero-order valence-electron chi connectivity index (χ0n) is 13.0. The molecular formula is C15H17BrN4O3. The molecule has 2 aromatic rings. The van der Waals surface area contributed by atoms with Crippen molar-refractivity contribution in [2.45, 2.75) is 26.4 Å². The molecule has 1 aromatic heterocycles. The molecule has 2 amide bonds. The summed E-state index contributed by atoms with van der Waals surface area (Å²) in [5, 5.41) is 4.52. The molecule has 2 rings (SSSR count). The fourth-order valence-corrected chi connectivity index (χ4v) is 2.64. The lowest BCUT2D eigenvalue weighted by Crippen LogP contribution is -2.26. The van der Waals surface area contributed by atoms with Gasteiger partial charge in [-0.15, -0.1) is 0 Å². The van der Waals surface area contributed by atoms with E-state index >= 15 is 0 Å². The van der Waals surface area contributed by atoms with E-state index in [1.165, 1.54) is 10.8 Å². The highest BCUT2D eigenvalue weighted by molar-refractivity contribution is 9.10. The summed E-state index contributed by atoms with van der Waals surface area (Å²) in [6.45, 7) is 5.41. The summed E-state index contributed by atoms with van der Waals surface area (Å²) in [6, 6.07) is 4.63. The number of nitrogens with zero attached hydrogens (tertiary/aromatic N) is 2. The number of fused-ring (bicyclic) bond motifs is 1. The fourth-order valence-electron chi connectivity index (χ4n) is 2.00. The van der Waals surface area contributed by atoms with Gasteiger partial charge in [0.1, 0.15) is 5.60 Å². The van der Waals surface area contributed by atoms with Crippen molar-refractivity contribution in [2.24, 2.45) is 10.8 Å². The average molecular weight is 381 g/mol. The average Bonchev–Trinajstić information content (AvgIpc) is 2.75. The first-order valence-electron chi connectivity index (χ1n) is 6.80. The molecule has 0 saturated heterocycles. The Balaban J connectivity index is 2.46. The van der Waals surface area contributed by atoms with Crippen molar-refractivity contribution in [1.29, 1.82) is 0 Å². The van der Waals surface area contributed by atoms with Crippen molar-refractivity contribution >= 4 is 45.2 Å². The number of nitrogens with one attached hydrogen (secondary N) is 1. The maximum absolute atomic E-state index is 12.3. The van der Waals surface area contributed by atoms with Crippen LogP contribution in [-0.4, -0.2) is 28.5 Å². The third-order valence-electron chi connectivity index (χ3n) is 2.78. The number of amides is 2. The Labute approximate surface area is 141 Å². The lowest BCUT2D eigenvalue weighted by atomic mass is 10.1. The molecule has 8 heteroatoms. The molecule has 0 spiro atoms. The zero-order chi connectivity index (χ0) is 17.2. The molecule has 3 N–H and O–H groups in total. The summed E-state index contributed by atoms with van der Waals surface area (Å²) in [5.74, 6) is 0. The van der Waals surface area contributed by atoms with Gasteiger partial charge in [0.15, 0.2) is 0 Å². The largest absolute Gasteiger partial charge is 0.443 e. The lowest BCUT2D eigenvalue weighted by Gasteiger charge is -2.19. The molecule has 122 valence electrons. The van der Waals surface area contributed by atoms with E-state index in [4.69, 9.17) is 10.5 Å². The van der Waals surface area contributed by atoms with E-state index in [1.807, 2.05) is 0 Å². The van der Waals surface area contributed by atoms with Crippen molar-refractivity contribution < 1.29 is 14.3 Å². The van der Waals surface area contributed by atoms with E-state index < -0.39 is 17.7 Å². The number of hydrogen-bond acceptors (Lipinski definition) is 4. The number of hydrazone groups is 1. The Morgan fingerprint density at radius 1 is 1.39 bits per heavy atom. The first-order chi connectivity index (χ1) is 10.7. The van der Waals surface area contributed by atoms with Gasteiger partial charge in [0.2, 0.25) is 0 Å². The number of benzene rings is 1. The number of primary amides is 1. The van der Waals surface area contributed by atoms with E-state index in [-0.39, 0.29) is 0 Å². The topological polar surface area (TPSA) is 98.7 Å². The van der Waals surface area contributed by atoms with Gasteiger partial charge in [-0.3, -0.25) is 4.57 Å². The van der Waals surface area contributed by atoms with Crippen LogP contribution in [0, 0.1) is 0 Å². The molecule has 0 aliphatic carbocycles. The number of rotatable bonds is 2. The quantitative estimate of drug-likeness (QED) is 0.617. The summed E-state index contributed by atoms with van der Waals surface area (Å²) in [5.41, 5.74) is 7.88. The second-order valence-electron chi connectivity index (χ2n) is 5.80. The molecule has 0 unspecified atom stereocenters. The van der Waals surface area contributed by atoms with Gasteiger partial charge in [-0.05, 0) is 42.8 Å². The summed E-state index contributed by atoms with van der Waals surface area (Å²) in [7, 11) is 0. The minimum atomic E-state index is -0.751. The number of carbonyl (C=O) groups is 2. The third-order valence-corrected chi connectivity index (χ3v) is 3.39. The second-order valence-corrected chi connectivity index (χ2v) is 6.66. The fraction of sp³-hybridized carbons (Fsp3) is 0.267. The van der Waals surface area contributed by atoms with Crippen LogP contribution in [0.2, 0.25) is 0 Å². The van der Waals surface area contributed by atoms with Gasteiger partial charge < -0.3 is 10.5 Å². The number of nitrogens with two attached hydrogens (primary N) is 1. The molecule has 23 heavy (non-hydrogen) atoms. The predicted molar refractivity (Wildman–Crippen MR) is 91.6 cm³/mol. The summed E-state index contributed by atoms with van der Waals surface area (Å²) in [4.78, 5) is 23.0. The number of urea groups is 1. The van der Waals surface area contributed by atoms with Crippen molar-refractivity contribution in [3.63, 3.8) is 0 Å². The number of ether oxygens (including phenoxy) is 1. The van der Waals surface area contributed by atoms with Crippen LogP contribution in [0.15, 0.2) is 34.0 Å². The van der Waals surface area contributed by atoms with Crippen LogP contribution in [0.25, 0.3) is 10.9 Å². The normalized spacial score (nSPS) is 11.8. The molecule has 0 saturated carbocycles. The third kappa shape index (κ3) is 4.10.